The van der Waals surface area contributed by atoms with Crippen LogP contribution in [0.15, 0.2) is 65.8 Å². The van der Waals surface area contributed by atoms with Gasteiger partial charge < -0.3 is 4.74 Å². The zero-order chi connectivity index (χ0) is 17.9. The van der Waals surface area contributed by atoms with E-state index >= 15 is 0 Å². The first-order chi connectivity index (χ1) is 12.7. The van der Waals surface area contributed by atoms with Crippen molar-refractivity contribution in [3.8, 4) is 5.75 Å². The summed E-state index contributed by atoms with van der Waals surface area (Å²) in [6, 6.07) is 20.1. The average Bonchev–Trinajstić information content (AvgIpc) is 3.09. The molecule has 4 rings (SSSR count). The number of aryl methyl sites for hydroxylation is 1. The lowest BCUT2D eigenvalue weighted by Gasteiger charge is -2.07. The SMILES string of the molecule is COc1ccc2c(c1)CC/C2=N\NC(=O)Cc1cccc2ccccc12. The highest BCUT2D eigenvalue weighted by molar-refractivity contribution is 6.05. The summed E-state index contributed by atoms with van der Waals surface area (Å²) >= 11 is 0. The molecule has 26 heavy (non-hydrogen) atoms. The van der Waals surface area contributed by atoms with Gasteiger partial charge in [0, 0.05) is 5.56 Å². The maximum Gasteiger partial charge on any atom is 0.244 e. The maximum absolute atomic E-state index is 12.4. The number of carbonyl (C=O) groups is 1. The van der Waals surface area contributed by atoms with E-state index < -0.39 is 0 Å². The molecule has 130 valence electrons. The molecule has 0 bridgehead atoms. The van der Waals surface area contributed by atoms with Crippen LogP contribution in [0.4, 0.5) is 0 Å². The van der Waals surface area contributed by atoms with E-state index in [9.17, 15) is 4.79 Å². The van der Waals surface area contributed by atoms with E-state index in [1.807, 2.05) is 48.5 Å². The predicted octanol–water partition coefficient (Wildman–Crippen LogP) is 3.86. The van der Waals surface area contributed by atoms with Gasteiger partial charge in [0.1, 0.15) is 5.75 Å². The Kier molecular flexibility index (Phi) is 4.40. The highest BCUT2D eigenvalue weighted by atomic mass is 16.5. The van der Waals surface area contributed by atoms with Crippen LogP contribution in [0, 0.1) is 0 Å². The smallest absolute Gasteiger partial charge is 0.244 e. The monoisotopic (exact) mass is 344 g/mol. The van der Waals surface area contributed by atoms with E-state index in [0.717, 1.165) is 46.2 Å². The van der Waals surface area contributed by atoms with Gasteiger partial charge in [-0.25, -0.2) is 5.43 Å². The summed E-state index contributed by atoms with van der Waals surface area (Å²) in [4.78, 5) is 12.4. The van der Waals surface area contributed by atoms with Crippen LogP contribution in [0.3, 0.4) is 0 Å². The Balaban J connectivity index is 1.49. The number of nitrogens with one attached hydrogen (secondary N) is 1. The van der Waals surface area contributed by atoms with Crippen molar-refractivity contribution in [2.24, 2.45) is 5.10 Å². The zero-order valence-corrected chi connectivity index (χ0v) is 14.7. The summed E-state index contributed by atoms with van der Waals surface area (Å²) in [5.41, 5.74) is 6.97. The molecule has 1 amide bonds. The third kappa shape index (κ3) is 3.18. The first-order valence-electron chi connectivity index (χ1n) is 8.74. The topological polar surface area (TPSA) is 50.7 Å². The van der Waals surface area contributed by atoms with E-state index in [-0.39, 0.29) is 5.91 Å². The first-order valence-corrected chi connectivity index (χ1v) is 8.74. The third-order valence-corrected chi connectivity index (χ3v) is 4.80. The molecule has 0 atom stereocenters. The highest BCUT2D eigenvalue weighted by Gasteiger charge is 2.18. The van der Waals surface area contributed by atoms with Crippen LogP contribution < -0.4 is 10.2 Å². The van der Waals surface area contributed by atoms with Crippen molar-refractivity contribution < 1.29 is 9.53 Å². The molecule has 0 saturated carbocycles. The number of rotatable bonds is 4. The predicted molar refractivity (Wildman–Crippen MR) is 104 cm³/mol. The van der Waals surface area contributed by atoms with Crippen LogP contribution in [0.25, 0.3) is 10.8 Å². The minimum atomic E-state index is -0.101. The number of hydrogen-bond donors (Lipinski definition) is 1. The fourth-order valence-corrected chi connectivity index (χ4v) is 3.48. The summed E-state index contributed by atoms with van der Waals surface area (Å²) in [6.45, 7) is 0. The maximum atomic E-state index is 12.4. The molecule has 0 heterocycles. The van der Waals surface area contributed by atoms with E-state index in [4.69, 9.17) is 4.74 Å². The molecule has 0 aromatic heterocycles. The molecule has 3 aromatic carbocycles. The molecule has 1 aliphatic rings. The van der Waals surface area contributed by atoms with Crippen molar-refractivity contribution in [3.05, 3.63) is 77.4 Å². The van der Waals surface area contributed by atoms with Gasteiger partial charge in [0.2, 0.25) is 5.91 Å². The minimum Gasteiger partial charge on any atom is -0.497 e. The van der Waals surface area contributed by atoms with E-state index in [1.165, 1.54) is 5.56 Å². The highest BCUT2D eigenvalue weighted by Crippen LogP contribution is 2.26. The second-order valence-corrected chi connectivity index (χ2v) is 6.43. The van der Waals surface area contributed by atoms with Gasteiger partial charge in [-0.2, -0.15) is 5.10 Å². The van der Waals surface area contributed by atoms with Crippen LogP contribution in [-0.2, 0) is 17.6 Å². The second kappa shape index (κ2) is 7.00. The van der Waals surface area contributed by atoms with Gasteiger partial charge in [0.25, 0.3) is 0 Å². The summed E-state index contributed by atoms with van der Waals surface area (Å²) in [7, 11) is 1.67. The van der Waals surface area contributed by atoms with Gasteiger partial charge in [-0.1, -0.05) is 42.5 Å². The van der Waals surface area contributed by atoms with Crippen molar-refractivity contribution >= 4 is 22.4 Å². The van der Waals surface area contributed by atoms with Gasteiger partial charge in [-0.05, 0) is 52.9 Å². The van der Waals surface area contributed by atoms with Gasteiger partial charge in [0.05, 0.1) is 19.2 Å². The Hall–Kier alpha value is -3.14. The Labute approximate surface area is 152 Å². The number of ether oxygens (including phenoxy) is 1. The number of methoxy groups -OCH3 is 1. The molecule has 0 fully saturated rings. The molecule has 4 heteroatoms. The largest absolute Gasteiger partial charge is 0.497 e. The molecule has 0 saturated heterocycles. The lowest BCUT2D eigenvalue weighted by Crippen LogP contribution is -2.21. The second-order valence-electron chi connectivity index (χ2n) is 6.43. The normalized spacial score (nSPS) is 14.4. The number of hydrogen-bond acceptors (Lipinski definition) is 3. The molecule has 1 aliphatic carbocycles. The van der Waals surface area contributed by atoms with E-state index in [0.29, 0.717) is 6.42 Å². The minimum absolute atomic E-state index is 0.101. The Bertz CT molecular complexity index is 1000. The van der Waals surface area contributed by atoms with Crippen molar-refractivity contribution in [1.29, 1.82) is 0 Å². The van der Waals surface area contributed by atoms with Crippen LogP contribution in [0.5, 0.6) is 5.75 Å². The van der Waals surface area contributed by atoms with E-state index in [1.54, 1.807) is 7.11 Å². The van der Waals surface area contributed by atoms with Crippen LogP contribution in [0.2, 0.25) is 0 Å². The Morgan fingerprint density at radius 1 is 1.08 bits per heavy atom. The van der Waals surface area contributed by atoms with Crippen LogP contribution in [0.1, 0.15) is 23.1 Å². The molecular formula is C22H20N2O2. The molecular weight excluding hydrogens is 324 g/mol. The van der Waals surface area contributed by atoms with Gasteiger partial charge >= 0.3 is 0 Å². The molecule has 4 nitrogen and oxygen atoms in total. The standard InChI is InChI=1S/C22H20N2O2/c1-26-18-10-11-20-17(13-18)9-12-21(20)23-24-22(25)14-16-7-4-6-15-5-2-3-8-19(15)16/h2-8,10-11,13H,9,12,14H2,1H3,(H,24,25)/b23-21+. The van der Waals surface area contributed by atoms with E-state index in [2.05, 4.69) is 22.7 Å². The molecule has 0 spiro atoms. The Morgan fingerprint density at radius 3 is 2.81 bits per heavy atom. The molecule has 0 radical (unpaired) electrons. The molecule has 3 aromatic rings. The van der Waals surface area contributed by atoms with Crippen molar-refractivity contribution in [3.63, 3.8) is 0 Å². The lowest BCUT2D eigenvalue weighted by molar-refractivity contribution is -0.120. The van der Waals surface area contributed by atoms with Gasteiger partial charge in [0.15, 0.2) is 0 Å². The fraction of sp³-hybridized carbons (Fsp3) is 0.182. The summed E-state index contributed by atoms with van der Waals surface area (Å²) in [6.07, 6.45) is 2.06. The summed E-state index contributed by atoms with van der Waals surface area (Å²) in [5, 5.41) is 6.62. The number of nitrogens with zero attached hydrogens (tertiary/aromatic N) is 1. The number of carbonyl (C=O) groups excluding carboxylic acids is 1. The number of benzene rings is 3. The Morgan fingerprint density at radius 2 is 1.92 bits per heavy atom. The molecule has 1 N–H and O–H groups in total. The first kappa shape index (κ1) is 16.3. The number of amides is 1. The lowest BCUT2D eigenvalue weighted by atomic mass is 10.0. The molecule has 0 unspecified atom stereocenters. The van der Waals surface area contributed by atoms with Crippen LogP contribution in [-0.4, -0.2) is 18.7 Å². The molecule has 0 aliphatic heterocycles. The third-order valence-electron chi connectivity index (χ3n) is 4.80. The van der Waals surface area contributed by atoms with Gasteiger partial charge in [-0.15, -0.1) is 0 Å². The summed E-state index contributed by atoms with van der Waals surface area (Å²) in [5.74, 6) is 0.751. The summed E-state index contributed by atoms with van der Waals surface area (Å²) < 4.78 is 5.26. The zero-order valence-electron chi connectivity index (χ0n) is 14.7. The van der Waals surface area contributed by atoms with Crippen molar-refractivity contribution in [2.45, 2.75) is 19.3 Å². The van der Waals surface area contributed by atoms with Crippen molar-refractivity contribution in [1.82, 2.24) is 5.43 Å². The average molecular weight is 344 g/mol. The van der Waals surface area contributed by atoms with Crippen molar-refractivity contribution in [2.75, 3.05) is 7.11 Å². The number of hydrazone groups is 1. The van der Waals surface area contributed by atoms with Crippen LogP contribution >= 0.6 is 0 Å². The number of fused-ring (bicyclic) bond motifs is 2. The fourth-order valence-electron chi connectivity index (χ4n) is 3.48. The quantitative estimate of drug-likeness (QED) is 0.731. The van der Waals surface area contributed by atoms with Gasteiger partial charge in [-0.3, -0.25) is 4.79 Å².